The van der Waals surface area contributed by atoms with Gasteiger partial charge in [0, 0.05) is 26.2 Å². The van der Waals surface area contributed by atoms with Gasteiger partial charge in [-0.3, -0.25) is 9.69 Å². The highest BCUT2D eigenvalue weighted by atomic mass is 16.7. The van der Waals surface area contributed by atoms with Crippen LogP contribution in [0.15, 0.2) is 18.2 Å². The van der Waals surface area contributed by atoms with Crippen LogP contribution >= 0.6 is 0 Å². The second-order valence-corrected chi connectivity index (χ2v) is 6.79. The molecule has 3 aliphatic heterocycles. The number of likely N-dealkylation sites (tertiary alicyclic amines) is 2. The number of amides is 1. The molecule has 2 fully saturated rings. The first-order valence-corrected chi connectivity index (χ1v) is 8.69. The van der Waals surface area contributed by atoms with Gasteiger partial charge >= 0.3 is 0 Å². The highest BCUT2D eigenvalue weighted by Crippen LogP contribution is 2.33. The van der Waals surface area contributed by atoms with E-state index in [-0.39, 0.29) is 5.92 Å². The van der Waals surface area contributed by atoms with E-state index in [4.69, 9.17) is 9.47 Å². The Hall–Kier alpha value is -1.75. The standard InChI is InChI=1S/C18H24N2O3/c21-18(20-8-1-2-9-20)15-4-3-7-19(12-15)11-14-5-6-16-17(10-14)23-13-22-16/h5-6,10,15H,1-4,7-9,11-13H2/t15-/m0/s1. The second kappa shape index (κ2) is 6.40. The lowest BCUT2D eigenvalue weighted by Crippen LogP contribution is -2.43. The summed E-state index contributed by atoms with van der Waals surface area (Å²) in [6.07, 6.45) is 4.47. The lowest BCUT2D eigenvalue weighted by Gasteiger charge is -2.34. The molecule has 0 N–H and O–H groups in total. The number of piperidine rings is 1. The summed E-state index contributed by atoms with van der Waals surface area (Å²) in [6.45, 7) is 5.05. The van der Waals surface area contributed by atoms with Gasteiger partial charge in [0.15, 0.2) is 11.5 Å². The zero-order chi connectivity index (χ0) is 15.6. The van der Waals surface area contributed by atoms with E-state index in [0.29, 0.717) is 12.7 Å². The number of benzene rings is 1. The van der Waals surface area contributed by atoms with E-state index >= 15 is 0 Å². The molecule has 3 heterocycles. The van der Waals surface area contributed by atoms with Crippen molar-refractivity contribution < 1.29 is 14.3 Å². The molecule has 4 rings (SSSR count). The highest BCUT2D eigenvalue weighted by molar-refractivity contribution is 5.79. The van der Waals surface area contributed by atoms with Gasteiger partial charge in [-0.25, -0.2) is 0 Å². The molecule has 0 radical (unpaired) electrons. The first kappa shape index (κ1) is 14.8. The van der Waals surface area contributed by atoms with Crippen LogP contribution in [0.1, 0.15) is 31.2 Å². The average molecular weight is 316 g/mol. The van der Waals surface area contributed by atoms with Crippen molar-refractivity contribution in [1.29, 1.82) is 0 Å². The molecule has 0 saturated carbocycles. The van der Waals surface area contributed by atoms with E-state index in [1.54, 1.807) is 0 Å². The van der Waals surface area contributed by atoms with Crippen molar-refractivity contribution >= 4 is 5.91 Å². The van der Waals surface area contributed by atoms with Crippen LogP contribution in [-0.2, 0) is 11.3 Å². The lowest BCUT2D eigenvalue weighted by atomic mass is 9.96. The van der Waals surface area contributed by atoms with Crippen LogP contribution in [0.4, 0.5) is 0 Å². The topological polar surface area (TPSA) is 42.0 Å². The fraction of sp³-hybridized carbons (Fsp3) is 0.611. The molecule has 1 atom stereocenters. The zero-order valence-electron chi connectivity index (χ0n) is 13.5. The largest absolute Gasteiger partial charge is 0.454 e. The van der Waals surface area contributed by atoms with E-state index < -0.39 is 0 Å². The number of carbonyl (C=O) groups excluding carboxylic acids is 1. The van der Waals surface area contributed by atoms with Crippen LogP contribution in [-0.4, -0.2) is 48.7 Å². The fourth-order valence-electron chi connectivity index (χ4n) is 3.89. The van der Waals surface area contributed by atoms with Gasteiger partial charge in [-0.15, -0.1) is 0 Å². The molecule has 23 heavy (non-hydrogen) atoms. The number of hydrogen-bond acceptors (Lipinski definition) is 4. The molecule has 1 aromatic rings. The SMILES string of the molecule is O=C([C@H]1CCCN(Cc2ccc3c(c2)OCO3)C1)N1CCCC1. The number of ether oxygens (including phenoxy) is 2. The van der Waals surface area contributed by atoms with Crippen LogP contribution in [0.3, 0.4) is 0 Å². The maximum atomic E-state index is 12.6. The first-order valence-electron chi connectivity index (χ1n) is 8.69. The molecule has 0 aliphatic carbocycles. The summed E-state index contributed by atoms with van der Waals surface area (Å²) in [4.78, 5) is 17.1. The van der Waals surface area contributed by atoms with E-state index in [0.717, 1.165) is 57.1 Å². The van der Waals surface area contributed by atoms with Gasteiger partial charge < -0.3 is 14.4 Å². The number of nitrogens with zero attached hydrogens (tertiary/aromatic N) is 2. The van der Waals surface area contributed by atoms with Crippen LogP contribution in [0, 0.1) is 5.92 Å². The Morgan fingerprint density at radius 3 is 2.78 bits per heavy atom. The fourth-order valence-corrected chi connectivity index (χ4v) is 3.89. The van der Waals surface area contributed by atoms with Crippen LogP contribution in [0.2, 0.25) is 0 Å². The van der Waals surface area contributed by atoms with Gasteiger partial charge in [0.05, 0.1) is 5.92 Å². The molecule has 5 heteroatoms. The third-order valence-corrected chi connectivity index (χ3v) is 5.12. The second-order valence-electron chi connectivity index (χ2n) is 6.79. The van der Waals surface area contributed by atoms with Gasteiger partial charge in [-0.1, -0.05) is 6.07 Å². The smallest absolute Gasteiger partial charge is 0.231 e. The Morgan fingerprint density at radius 1 is 1.09 bits per heavy atom. The van der Waals surface area contributed by atoms with Crippen LogP contribution in [0.5, 0.6) is 11.5 Å². The first-order chi connectivity index (χ1) is 11.3. The Bertz CT molecular complexity index is 584. The summed E-state index contributed by atoms with van der Waals surface area (Å²) in [5, 5.41) is 0. The summed E-state index contributed by atoms with van der Waals surface area (Å²) < 4.78 is 10.8. The number of fused-ring (bicyclic) bond motifs is 1. The van der Waals surface area contributed by atoms with Crippen molar-refractivity contribution in [2.45, 2.75) is 32.2 Å². The maximum absolute atomic E-state index is 12.6. The molecule has 0 aromatic heterocycles. The Balaban J connectivity index is 1.38. The quantitative estimate of drug-likeness (QED) is 0.858. The molecule has 1 aromatic carbocycles. The van der Waals surface area contributed by atoms with E-state index in [1.807, 2.05) is 6.07 Å². The molecular weight excluding hydrogens is 292 g/mol. The lowest BCUT2D eigenvalue weighted by molar-refractivity contribution is -0.136. The van der Waals surface area contributed by atoms with Gasteiger partial charge in [-0.05, 0) is 49.9 Å². The van der Waals surface area contributed by atoms with Crippen molar-refractivity contribution in [2.75, 3.05) is 33.0 Å². The average Bonchev–Trinajstić information content (AvgIpc) is 3.25. The predicted molar refractivity (Wildman–Crippen MR) is 86.4 cm³/mol. The number of rotatable bonds is 3. The highest BCUT2D eigenvalue weighted by Gasteiger charge is 2.30. The summed E-state index contributed by atoms with van der Waals surface area (Å²) in [5.74, 6) is 2.22. The minimum Gasteiger partial charge on any atom is -0.454 e. The summed E-state index contributed by atoms with van der Waals surface area (Å²) in [7, 11) is 0. The van der Waals surface area contributed by atoms with Crippen molar-refractivity contribution in [3.8, 4) is 11.5 Å². The van der Waals surface area contributed by atoms with Gasteiger partial charge in [0.2, 0.25) is 12.7 Å². The van der Waals surface area contributed by atoms with Gasteiger partial charge in [0.1, 0.15) is 0 Å². The Kier molecular flexibility index (Phi) is 4.12. The van der Waals surface area contributed by atoms with Crippen molar-refractivity contribution in [3.05, 3.63) is 23.8 Å². The summed E-state index contributed by atoms with van der Waals surface area (Å²) >= 11 is 0. The third-order valence-electron chi connectivity index (χ3n) is 5.12. The van der Waals surface area contributed by atoms with Gasteiger partial charge in [-0.2, -0.15) is 0 Å². The van der Waals surface area contributed by atoms with E-state index in [1.165, 1.54) is 18.4 Å². The number of carbonyl (C=O) groups is 1. The summed E-state index contributed by atoms with van der Waals surface area (Å²) in [5.41, 5.74) is 1.23. The number of hydrogen-bond donors (Lipinski definition) is 0. The molecular formula is C18H24N2O3. The molecule has 2 saturated heterocycles. The normalized spacial score (nSPS) is 24.2. The van der Waals surface area contributed by atoms with E-state index in [2.05, 4.69) is 21.9 Å². The van der Waals surface area contributed by atoms with Crippen LogP contribution < -0.4 is 9.47 Å². The third kappa shape index (κ3) is 3.15. The maximum Gasteiger partial charge on any atom is 0.231 e. The Morgan fingerprint density at radius 2 is 1.91 bits per heavy atom. The molecule has 5 nitrogen and oxygen atoms in total. The van der Waals surface area contributed by atoms with E-state index in [9.17, 15) is 4.79 Å². The van der Waals surface area contributed by atoms with Crippen molar-refractivity contribution in [1.82, 2.24) is 9.80 Å². The molecule has 0 unspecified atom stereocenters. The van der Waals surface area contributed by atoms with Crippen molar-refractivity contribution in [3.63, 3.8) is 0 Å². The monoisotopic (exact) mass is 316 g/mol. The Labute approximate surface area is 137 Å². The molecule has 124 valence electrons. The van der Waals surface area contributed by atoms with Crippen molar-refractivity contribution in [2.24, 2.45) is 5.92 Å². The van der Waals surface area contributed by atoms with Gasteiger partial charge in [0.25, 0.3) is 0 Å². The minimum atomic E-state index is 0.177. The minimum absolute atomic E-state index is 0.177. The predicted octanol–water partition coefficient (Wildman–Crippen LogP) is 2.25. The summed E-state index contributed by atoms with van der Waals surface area (Å²) in [6, 6.07) is 6.14. The molecule has 3 aliphatic rings. The zero-order valence-corrected chi connectivity index (χ0v) is 13.5. The molecule has 0 spiro atoms. The molecule has 1 amide bonds. The molecule has 0 bridgehead atoms. The van der Waals surface area contributed by atoms with Crippen LogP contribution in [0.25, 0.3) is 0 Å².